The van der Waals surface area contributed by atoms with Crippen molar-refractivity contribution in [3.8, 4) is 17.2 Å². The van der Waals surface area contributed by atoms with E-state index in [0.29, 0.717) is 18.1 Å². The van der Waals surface area contributed by atoms with Gasteiger partial charge in [0, 0.05) is 0 Å². The van der Waals surface area contributed by atoms with Gasteiger partial charge in [0.15, 0.2) is 11.5 Å². The highest BCUT2D eigenvalue weighted by atomic mass is 16.5. The molecule has 0 aliphatic heterocycles. The lowest BCUT2D eigenvalue weighted by Crippen LogP contribution is -2.10. The van der Waals surface area contributed by atoms with E-state index in [0.717, 1.165) is 16.7 Å². The van der Waals surface area contributed by atoms with Crippen LogP contribution in [0, 0.1) is 0 Å². The average Bonchev–Trinajstić information content (AvgIpc) is 2.91. The summed E-state index contributed by atoms with van der Waals surface area (Å²) < 4.78 is 23.5. The molecule has 0 aliphatic carbocycles. The van der Waals surface area contributed by atoms with E-state index in [9.17, 15) is 4.79 Å². The SMILES string of the molecule is COC(=O)c1ccc(OCc2ccccc2)c(OCc2ccccc2)c1OCc1ccccc1. The number of carbonyl (C=O) groups excluding carboxylic acids is 1. The van der Waals surface area contributed by atoms with Crippen molar-refractivity contribution in [2.24, 2.45) is 0 Å². The molecule has 0 N–H and O–H groups in total. The minimum atomic E-state index is -0.512. The molecule has 0 saturated heterocycles. The maximum atomic E-state index is 12.6. The second kappa shape index (κ2) is 11.6. The van der Waals surface area contributed by atoms with Gasteiger partial charge in [-0.25, -0.2) is 4.79 Å². The van der Waals surface area contributed by atoms with Gasteiger partial charge in [0.05, 0.1) is 7.11 Å². The van der Waals surface area contributed by atoms with Crippen LogP contribution in [0.25, 0.3) is 0 Å². The molecule has 4 aromatic carbocycles. The molecule has 5 nitrogen and oxygen atoms in total. The third-order valence-electron chi connectivity index (χ3n) is 5.17. The van der Waals surface area contributed by atoms with Crippen LogP contribution in [0.15, 0.2) is 103 Å². The monoisotopic (exact) mass is 454 g/mol. The smallest absolute Gasteiger partial charge is 0.341 e. The van der Waals surface area contributed by atoms with Crippen LogP contribution in [-0.4, -0.2) is 13.1 Å². The molecule has 0 fully saturated rings. The van der Waals surface area contributed by atoms with Crippen molar-refractivity contribution in [1.29, 1.82) is 0 Å². The Labute approximate surface area is 199 Å². The highest BCUT2D eigenvalue weighted by Gasteiger charge is 2.23. The first-order chi connectivity index (χ1) is 16.7. The summed E-state index contributed by atoms with van der Waals surface area (Å²) in [5.41, 5.74) is 3.23. The van der Waals surface area contributed by atoms with Crippen LogP contribution in [0.4, 0.5) is 0 Å². The Morgan fingerprint density at radius 2 is 1.00 bits per heavy atom. The molecule has 172 valence electrons. The first-order valence-corrected chi connectivity index (χ1v) is 11.0. The van der Waals surface area contributed by atoms with Crippen LogP contribution in [0.1, 0.15) is 27.0 Å². The molecule has 0 saturated carbocycles. The summed E-state index contributed by atoms with van der Waals surface area (Å²) >= 11 is 0. The van der Waals surface area contributed by atoms with Crippen LogP contribution >= 0.6 is 0 Å². The molecule has 0 heterocycles. The summed E-state index contributed by atoms with van der Waals surface area (Å²) in [6.45, 7) is 0.891. The van der Waals surface area contributed by atoms with Crippen LogP contribution in [0.5, 0.6) is 17.2 Å². The van der Waals surface area contributed by atoms with Crippen molar-refractivity contribution in [3.63, 3.8) is 0 Å². The molecule has 0 spiro atoms. The predicted octanol–water partition coefficient (Wildman–Crippen LogP) is 6.21. The minimum absolute atomic E-state index is 0.259. The molecular formula is C29H26O5. The second-order valence-corrected chi connectivity index (χ2v) is 7.58. The molecule has 4 rings (SSSR count). The fourth-order valence-electron chi connectivity index (χ4n) is 3.40. The Balaban J connectivity index is 1.68. The quantitative estimate of drug-likeness (QED) is 0.267. The maximum Gasteiger partial charge on any atom is 0.341 e. The molecule has 0 aliphatic rings. The van der Waals surface area contributed by atoms with Crippen molar-refractivity contribution in [2.45, 2.75) is 19.8 Å². The Morgan fingerprint density at radius 3 is 1.47 bits per heavy atom. The molecular weight excluding hydrogens is 428 g/mol. The van der Waals surface area contributed by atoms with Crippen LogP contribution in [-0.2, 0) is 24.6 Å². The number of esters is 1. The average molecular weight is 455 g/mol. The zero-order valence-electron chi connectivity index (χ0n) is 19.0. The summed E-state index contributed by atoms with van der Waals surface area (Å²) in [5, 5.41) is 0. The van der Waals surface area contributed by atoms with Gasteiger partial charge in [-0.1, -0.05) is 91.0 Å². The van der Waals surface area contributed by atoms with Crippen molar-refractivity contribution < 1.29 is 23.7 Å². The number of benzene rings is 4. The normalized spacial score (nSPS) is 10.4. The first-order valence-electron chi connectivity index (χ1n) is 11.0. The largest absolute Gasteiger partial charge is 0.485 e. The predicted molar refractivity (Wildman–Crippen MR) is 130 cm³/mol. The van der Waals surface area contributed by atoms with E-state index < -0.39 is 5.97 Å². The number of hydrogen-bond acceptors (Lipinski definition) is 5. The van der Waals surface area contributed by atoms with E-state index in [4.69, 9.17) is 18.9 Å². The van der Waals surface area contributed by atoms with Crippen molar-refractivity contribution in [3.05, 3.63) is 125 Å². The van der Waals surface area contributed by atoms with E-state index in [1.54, 1.807) is 12.1 Å². The molecule has 4 aromatic rings. The standard InChI is InChI=1S/C29H26O5/c1-31-29(30)25-17-18-26(32-19-22-11-5-2-6-12-22)28(34-21-24-15-9-4-10-16-24)27(25)33-20-23-13-7-3-8-14-23/h2-18H,19-21H2,1H3. The third kappa shape index (κ3) is 5.95. The molecule has 0 atom stereocenters. The molecule has 0 unspecified atom stereocenters. The number of rotatable bonds is 10. The van der Waals surface area contributed by atoms with Crippen molar-refractivity contribution in [1.82, 2.24) is 0 Å². The van der Waals surface area contributed by atoms with Crippen molar-refractivity contribution >= 4 is 5.97 Å². The lowest BCUT2D eigenvalue weighted by Gasteiger charge is -2.19. The van der Waals surface area contributed by atoms with E-state index >= 15 is 0 Å². The Morgan fingerprint density at radius 1 is 0.559 bits per heavy atom. The minimum Gasteiger partial charge on any atom is -0.485 e. The topological polar surface area (TPSA) is 54.0 Å². The summed E-state index contributed by atoms with van der Waals surface area (Å²) in [4.78, 5) is 12.6. The van der Waals surface area contributed by atoms with E-state index in [1.807, 2.05) is 91.0 Å². The summed E-state index contributed by atoms with van der Waals surface area (Å²) in [7, 11) is 1.34. The lowest BCUT2D eigenvalue weighted by molar-refractivity contribution is 0.0594. The van der Waals surface area contributed by atoms with Gasteiger partial charge in [-0.05, 0) is 28.8 Å². The molecule has 34 heavy (non-hydrogen) atoms. The number of methoxy groups -OCH3 is 1. The zero-order valence-corrected chi connectivity index (χ0v) is 19.0. The molecule has 5 heteroatoms. The van der Waals surface area contributed by atoms with Crippen LogP contribution < -0.4 is 14.2 Å². The Kier molecular flexibility index (Phi) is 7.80. The fraction of sp³-hybridized carbons (Fsp3) is 0.138. The lowest BCUT2D eigenvalue weighted by atomic mass is 10.1. The fourth-order valence-corrected chi connectivity index (χ4v) is 3.40. The summed E-state index contributed by atoms with van der Waals surface area (Å²) in [6.07, 6.45) is 0. The second-order valence-electron chi connectivity index (χ2n) is 7.58. The van der Waals surface area contributed by atoms with Crippen LogP contribution in [0.2, 0.25) is 0 Å². The van der Waals surface area contributed by atoms with E-state index in [1.165, 1.54) is 7.11 Å². The molecule has 0 amide bonds. The van der Waals surface area contributed by atoms with Gasteiger partial charge in [-0.15, -0.1) is 0 Å². The number of ether oxygens (including phenoxy) is 4. The van der Waals surface area contributed by atoms with Gasteiger partial charge < -0.3 is 18.9 Å². The maximum absolute atomic E-state index is 12.6. The van der Waals surface area contributed by atoms with Gasteiger partial charge in [0.1, 0.15) is 25.4 Å². The number of carbonyl (C=O) groups is 1. The highest BCUT2D eigenvalue weighted by molar-refractivity contribution is 5.94. The van der Waals surface area contributed by atoms with E-state index in [2.05, 4.69) is 0 Å². The molecule has 0 bridgehead atoms. The van der Waals surface area contributed by atoms with Crippen LogP contribution in [0.3, 0.4) is 0 Å². The highest BCUT2D eigenvalue weighted by Crippen LogP contribution is 2.42. The first kappa shape index (κ1) is 22.9. The third-order valence-corrected chi connectivity index (χ3v) is 5.17. The molecule has 0 radical (unpaired) electrons. The zero-order chi connectivity index (χ0) is 23.6. The van der Waals surface area contributed by atoms with Crippen molar-refractivity contribution in [2.75, 3.05) is 7.11 Å². The van der Waals surface area contributed by atoms with Gasteiger partial charge in [-0.3, -0.25) is 0 Å². The Bertz CT molecular complexity index is 1190. The summed E-state index contributed by atoms with van der Waals surface area (Å²) in [5.74, 6) is 0.619. The molecule has 0 aromatic heterocycles. The summed E-state index contributed by atoms with van der Waals surface area (Å²) in [6, 6.07) is 32.7. The van der Waals surface area contributed by atoms with Gasteiger partial charge >= 0.3 is 5.97 Å². The van der Waals surface area contributed by atoms with Gasteiger partial charge in [-0.2, -0.15) is 0 Å². The number of hydrogen-bond donors (Lipinski definition) is 0. The van der Waals surface area contributed by atoms with Gasteiger partial charge in [0.2, 0.25) is 5.75 Å². The Hall–Kier alpha value is -4.25. The van der Waals surface area contributed by atoms with Gasteiger partial charge in [0.25, 0.3) is 0 Å². The van der Waals surface area contributed by atoms with E-state index in [-0.39, 0.29) is 24.5 Å².